The Morgan fingerprint density at radius 2 is 1.67 bits per heavy atom. The van der Waals surface area contributed by atoms with Gasteiger partial charge in [-0.3, -0.25) is 4.79 Å². The third kappa shape index (κ3) is 4.50. The third-order valence-corrected chi connectivity index (χ3v) is 6.44. The van der Waals surface area contributed by atoms with Crippen LogP contribution in [0.4, 0.5) is 5.69 Å². The van der Waals surface area contributed by atoms with Crippen LogP contribution in [0.25, 0.3) is 0 Å². The fourth-order valence-electron chi connectivity index (χ4n) is 3.01. The Labute approximate surface area is 164 Å². The SMILES string of the molecule is C[C@@H]1CN(S(=O)(=O)c2ccc(C(=O)Nc3ccccc3Cl)cc2)C[C@H](C)O1. The fraction of sp³-hybridized carbons (Fsp3) is 0.316. The van der Waals surface area contributed by atoms with E-state index in [2.05, 4.69) is 5.32 Å². The smallest absolute Gasteiger partial charge is 0.255 e. The highest BCUT2D eigenvalue weighted by Gasteiger charge is 2.32. The lowest BCUT2D eigenvalue weighted by Gasteiger charge is -2.34. The quantitative estimate of drug-likeness (QED) is 0.841. The summed E-state index contributed by atoms with van der Waals surface area (Å²) in [6.45, 7) is 4.31. The number of nitrogens with one attached hydrogen (secondary N) is 1. The molecule has 0 aromatic heterocycles. The van der Waals surface area contributed by atoms with E-state index in [4.69, 9.17) is 16.3 Å². The number of morpholine rings is 1. The lowest BCUT2D eigenvalue weighted by atomic mass is 10.2. The number of para-hydroxylation sites is 1. The highest BCUT2D eigenvalue weighted by atomic mass is 35.5. The van der Waals surface area contributed by atoms with E-state index in [-0.39, 0.29) is 23.0 Å². The molecule has 1 aliphatic heterocycles. The monoisotopic (exact) mass is 408 g/mol. The van der Waals surface area contributed by atoms with Crippen molar-refractivity contribution in [3.63, 3.8) is 0 Å². The van der Waals surface area contributed by atoms with E-state index in [0.717, 1.165) is 0 Å². The first kappa shape index (κ1) is 19.8. The Balaban J connectivity index is 1.76. The fourth-order valence-corrected chi connectivity index (χ4v) is 4.78. The van der Waals surface area contributed by atoms with Crippen LogP contribution in [0.1, 0.15) is 24.2 Å². The first-order valence-corrected chi connectivity index (χ1v) is 10.4. The minimum absolute atomic E-state index is 0.151. The van der Waals surface area contributed by atoms with E-state index in [1.54, 1.807) is 24.3 Å². The van der Waals surface area contributed by atoms with Crippen molar-refractivity contribution in [1.82, 2.24) is 4.31 Å². The lowest BCUT2D eigenvalue weighted by Crippen LogP contribution is -2.48. The van der Waals surface area contributed by atoms with Crippen molar-refractivity contribution >= 4 is 33.2 Å². The van der Waals surface area contributed by atoms with E-state index in [0.29, 0.717) is 29.4 Å². The van der Waals surface area contributed by atoms with Crippen molar-refractivity contribution in [1.29, 1.82) is 0 Å². The molecule has 2 aromatic carbocycles. The standard InChI is InChI=1S/C19H21ClN2O4S/c1-13-11-22(12-14(2)26-13)27(24,25)16-9-7-15(8-10-16)19(23)21-18-6-4-3-5-17(18)20/h3-10,13-14H,11-12H2,1-2H3,(H,21,23)/t13-,14+. The molecule has 0 bridgehead atoms. The molecular formula is C19H21ClN2O4S. The molecule has 2 aromatic rings. The Morgan fingerprint density at radius 3 is 2.26 bits per heavy atom. The molecule has 2 atom stereocenters. The van der Waals surface area contributed by atoms with Gasteiger partial charge in [-0.05, 0) is 50.2 Å². The predicted molar refractivity (Wildman–Crippen MR) is 105 cm³/mol. The Bertz CT molecular complexity index is 921. The van der Waals surface area contributed by atoms with Crippen molar-refractivity contribution in [3.8, 4) is 0 Å². The summed E-state index contributed by atoms with van der Waals surface area (Å²) in [5.74, 6) is -0.360. The topological polar surface area (TPSA) is 75.7 Å². The second kappa shape index (κ2) is 7.98. The van der Waals surface area contributed by atoms with Crippen LogP contribution < -0.4 is 5.32 Å². The molecule has 1 N–H and O–H groups in total. The number of amides is 1. The molecule has 1 fully saturated rings. The second-order valence-corrected chi connectivity index (χ2v) is 8.88. The molecular weight excluding hydrogens is 388 g/mol. The molecule has 0 saturated carbocycles. The van der Waals surface area contributed by atoms with Gasteiger partial charge in [-0.15, -0.1) is 0 Å². The molecule has 1 amide bonds. The van der Waals surface area contributed by atoms with E-state index in [1.165, 1.54) is 28.6 Å². The van der Waals surface area contributed by atoms with Crippen LogP contribution in [0, 0.1) is 0 Å². The van der Waals surface area contributed by atoms with Gasteiger partial charge < -0.3 is 10.1 Å². The highest BCUT2D eigenvalue weighted by Crippen LogP contribution is 2.23. The van der Waals surface area contributed by atoms with Crippen molar-refractivity contribution in [2.24, 2.45) is 0 Å². The van der Waals surface area contributed by atoms with Gasteiger partial charge in [0.25, 0.3) is 5.91 Å². The Morgan fingerprint density at radius 1 is 1.07 bits per heavy atom. The number of halogens is 1. The zero-order valence-electron chi connectivity index (χ0n) is 15.1. The van der Waals surface area contributed by atoms with Crippen molar-refractivity contribution in [3.05, 3.63) is 59.1 Å². The second-order valence-electron chi connectivity index (χ2n) is 6.54. The summed E-state index contributed by atoms with van der Waals surface area (Å²) < 4.78 is 32.7. The molecule has 27 heavy (non-hydrogen) atoms. The van der Waals surface area contributed by atoms with E-state index in [1.807, 2.05) is 13.8 Å². The van der Waals surface area contributed by atoms with Gasteiger partial charge in [-0.25, -0.2) is 8.42 Å². The molecule has 0 aliphatic carbocycles. The van der Waals surface area contributed by atoms with Crippen LogP contribution in [0.2, 0.25) is 5.02 Å². The van der Waals surface area contributed by atoms with Gasteiger partial charge in [0, 0.05) is 18.7 Å². The molecule has 1 saturated heterocycles. The first-order valence-electron chi connectivity index (χ1n) is 8.59. The average molecular weight is 409 g/mol. The summed E-state index contributed by atoms with van der Waals surface area (Å²) in [5.41, 5.74) is 0.842. The molecule has 1 aliphatic rings. The summed E-state index contributed by atoms with van der Waals surface area (Å²) in [6.07, 6.45) is -0.326. The summed E-state index contributed by atoms with van der Waals surface area (Å²) in [4.78, 5) is 12.5. The van der Waals surface area contributed by atoms with Gasteiger partial charge in [0.2, 0.25) is 10.0 Å². The average Bonchev–Trinajstić information content (AvgIpc) is 2.63. The minimum atomic E-state index is -3.64. The maximum atomic E-state index is 12.8. The van der Waals surface area contributed by atoms with Crippen LogP contribution >= 0.6 is 11.6 Å². The van der Waals surface area contributed by atoms with Crippen LogP contribution in [0.5, 0.6) is 0 Å². The maximum Gasteiger partial charge on any atom is 0.255 e. The van der Waals surface area contributed by atoms with Crippen molar-refractivity contribution in [2.45, 2.75) is 31.0 Å². The molecule has 6 nitrogen and oxygen atoms in total. The maximum absolute atomic E-state index is 12.8. The van der Waals surface area contributed by atoms with E-state index in [9.17, 15) is 13.2 Å². The van der Waals surface area contributed by atoms with Gasteiger partial charge in [0.05, 0.1) is 27.8 Å². The minimum Gasteiger partial charge on any atom is -0.373 e. The largest absolute Gasteiger partial charge is 0.373 e. The summed E-state index contributed by atoms with van der Waals surface area (Å²) >= 11 is 6.04. The lowest BCUT2D eigenvalue weighted by molar-refractivity contribution is -0.0440. The molecule has 0 spiro atoms. The van der Waals surface area contributed by atoms with E-state index < -0.39 is 10.0 Å². The van der Waals surface area contributed by atoms with Gasteiger partial charge >= 0.3 is 0 Å². The number of ether oxygens (including phenoxy) is 1. The Hall–Kier alpha value is -1.93. The van der Waals surface area contributed by atoms with Crippen LogP contribution in [0.15, 0.2) is 53.4 Å². The number of anilines is 1. The Kier molecular flexibility index (Phi) is 5.86. The molecule has 8 heteroatoms. The molecule has 0 radical (unpaired) electrons. The molecule has 1 heterocycles. The number of rotatable bonds is 4. The molecule has 3 rings (SSSR count). The normalized spacial score (nSPS) is 21.0. The summed E-state index contributed by atoms with van der Waals surface area (Å²) in [6, 6.07) is 12.8. The number of hydrogen-bond donors (Lipinski definition) is 1. The number of carbonyl (C=O) groups excluding carboxylic acids is 1. The molecule has 144 valence electrons. The predicted octanol–water partition coefficient (Wildman–Crippen LogP) is 3.39. The van der Waals surface area contributed by atoms with Gasteiger partial charge in [-0.1, -0.05) is 23.7 Å². The van der Waals surface area contributed by atoms with Crippen molar-refractivity contribution < 1.29 is 17.9 Å². The molecule has 0 unspecified atom stereocenters. The van der Waals surface area contributed by atoms with Crippen LogP contribution in [-0.4, -0.2) is 43.9 Å². The summed E-state index contributed by atoms with van der Waals surface area (Å²) in [5, 5.41) is 3.14. The van der Waals surface area contributed by atoms with Crippen LogP contribution in [0.3, 0.4) is 0 Å². The van der Waals surface area contributed by atoms with Gasteiger partial charge in [-0.2, -0.15) is 4.31 Å². The van der Waals surface area contributed by atoms with Crippen LogP contribution in [-0.2, 0) is 14.8 Å². The number of sulfonamides is 1. The zero-order valence-corrected chi connectivity index (χ0v) is 16.6. The first-order chi connectivity index (χ1) is 12.8. The number of benzene rings is 2. The number of hydrogen-bond acceptors (Lipinski definition) is 4. The number of nitrogens with zero attached hydrogens (tertiary/aromatic N) is 1. The van der Waals surface area contributed by atoms with Gasteiger partial charge in [0.1, 0.15) is 0 Å². The zero-order chi connectivity index (χ0) is 19.6. The van der Waals surface area contributed by atoms with Crippen molar-refractivity contribution in [2.75, 3.05) is 18.4 Å². The highest BCUT2D eigenvalue weighted by molar-refractivity contribution is 7.89. The van der Waals surface area contributed by atoms with Gasteiger partial charge in [0.15, 0.2) is 0 Å². The summed E-state index contributed by atoms with van der Waals surface area (Å²) in [7, 11) is -3.64. The third-order valence-electron chi connectivity index (χ3n) is 4.26. The number of carbonyl (C=O) groups is 1. The van der Waals surface area contributed by atoms with E-state index >= 15 is 0 Å².